The van der Waals surface area contributed by atoms with Crippen LogP contribution in [0.1, 0.15) is 30.4 Å². The van der Waals surface area contributed by atoms with Gasteiger partial charge in [0, 0.05) is 0 Å². The Kier molecular flexibility index (Phi) is 4.89. The van der Waals surface area contributed by atoms with Gasteiger partial charge in [-0.1, -0.05) is 25.1 Å². The van der Waals surface area contributed by atoms with E-state index in [1.54, 1.807) is 18.2 Å². The number of rotatable bonds is 7. The summed E-state index contributed by atoms with van der Waals surface area (Å²) in [6.45, 7) is 2.87. The first-order valence-corrected chi connectivity index (χ1v) is 8.01. The van der Waals surface area contributed by atoms with E-state index in [1.807, 2.05) is 31.2 Å². The highest BCUT2D eigenvalue weighted by atomic mass is 16.7. The van der Waals surface area contributed by atoms with Crippen molar-refractivity contribution in [3.8, 4) is 17.2 Å². The lowest BCUT2D eigenvalue weighted by Gasteiger charge is -2.14. The molecular formula is C19H20O5. The van der Waals surface area contributed by atoms with Crippen LogP contribution in [0, 0.1) is 0 Å². The molecule has 1 unspecified atom stereocenters. The van der Waals surface area contributed by atoms with Crippen LogP contribution in [-0.2, 0) is 11.2 Å². The van der Waals surface area contributed by atoms with Gasteiger partial charge >= 0.3 is 5.97 Å². The summed E-state index contributed by atoms with van der Waals surface area (Å²) >= 11 is 0. The maximum Gasteiger partial charge on any atom is 0.311 e. The molecule has 1 atom stereocenters. The smallest absolute Gasteiger partial charge is 0.311 e. The van der Waals surface area contributed by atoms with Gasteiger partial charge in [-0.25, -0.2) is 0 Å². The standard InChI is InChI=1S/C19H20O5/c1-2-8-22-15-5-3-4-13(9-15)10-16(19(20)21)14-6-7-17-18(11-14)24-12-23-17/h3-7,9,11,16H,2,8,10,12H2,1H3,(H,20,21). The van der Waals surface area contributed by atoms with Crippen molar-refractivity contribution in [1.29, 1.82) is 0 Å². The predicted molar refractivity (Wildman–Crippen MR) is 88.9 cm³/mol. The summed E-state index contributed by atoms with van der Waals surface area (Å²) in [6, 6.07) is 12.9. The molecule has 0 spiro atoms. The molecule has 3 rings (SSSR count). The van der Waals surface area contributed by atoms with Crippen LogP contribution < -0.4 is 14.2 Å². The summed E-state index contributed by atoms with van der Waals surface area (Å²) in [5, 5.41) is 9.64. The first kappa shape index (κ1) is 16.2. The molecule has 0 amide bonds. The molecule has 5 nitrogen and oxygen atoms in total. The minimum absolute atomic E-state index is 0.174. The number of hydrogen-bond donors (Lipinski definition) is 1. The number of aliphatic carboxylic acids is 1. The molecule has 5 heteroatoms. The number of carboxylic acid groups (broad SMARTS) is 1. The van der Waals surface area contributed by atoms with E-state index < -0.39 is 11.9 Å². The van der Waals surface area contributed by atoms with E-state index in [9.17, 15) is 9.90 Å². The van der Waals surface area contributed by atoms with Gasteiger partial charge in [0.15, 0.2) is 11.5 Å². The lowest BCUT2D eigenvalue weighted by Crippen LogP contribution is -2.14. The van der Waals surface area contributed by atoms with Crippen molar-refractivity contribution in [3.05, 3.63) is 53.6 Å². The molecule has 24 heavy (non-hydrogen) atoms. The van der Waals surface area contributed by atoms with Gasteiger partial charge in [-0.2, -0.15) is 0 Å². The Bertz CT molecular complexity index is 725. The fourth-order valence-corrected chi connectivity index (χ4v) is 2.70. The molecule has 0 bridgehead atoms. The highest BCUT2D eigenvalue weighted by Gasteiger charge is 2.23. The number of hydrogen-bond acceptors (Lipinski definition) is 4. The normalized spacial score (nSPS) is 13.5. The highest BCUT2D eigenvalue weighted by molar-refractivity contribution is 5.77. The monoisotopic (exact) mass is 328 g/mol. The first-order chi connectivity index (χ1) is 11.7. The zero-order chi connectivity index (χ0) is 16.9. The largest absolute Gasteiger partial charge is 0.494 e. The molecule has 1 aliphatic heterocycles. The fourth-order valence-electron chi connectivity index (χ4n) is 2.70. The van der Waals surface area contributed by atoms with Crippen LogP contribution >= 0.6 is 0 Å². The van der Waals surface area contributed by atoms with Crippen molar-refractivity contribution in [3.63, 3.8) is 0 Å². The average molecular weight is 328 g/mol. The Hall–Kier alpha value is -2.69. The minimum Gasteiger partial charge on any atom is -0.494 e. The summed E-state index contributed by atoms with van der Waals surface area (Å²) in [4.78, 5) is 11.8. The van der Waals surface area contributed by atoms with Crippen molar-refractivity contribution in [2.24, 2.45) is 0 Å². The van der Waals surface area contributed by atoms with Gasteiger partial charge in [0.25, 0.3) is 0 Å². The quantitative estimate of drug-likeness (QED) is 0.841. The summed E-state index contributed by atoms with van der Waals surface area (Å²) in [5.41, 5.74) is 1.63. The Morgan fingerprint density at radius 3 is 2.83 bits per heavy atom. The molecule has 0 aromatic heterocycles. The average Bonchev–Trinajstić information content (AvgIpc) is 3.05. The Labute approximate surface area is 140 Å². The van der Waals surface area contributed by atoms with Crippen LogP contribution in [0.15, 0.2) is 42.5 Å². The van der Waals surface area contributed by atoms with E-state index in [0.29, 0.717) is 30.1 Å². The fraction of sp³-hybridized carbons (Fsp3) is 0.316. The zero-order valence-electron chi connectivity index (χ0n) is 13.5. The SMILES string of the molecule is CCCOc1cccc(CC(C(=O)O)c2ccc3c(c2)OCO3)c1. The van der Waals surface area contributed by atoms with Gasteiger partial charge in [0.2, 0.25) is 6.79 Å². The molecule has 2 aromatic carbocycles. The third-order valence-electron chi connectivity index (χ3n) is 3.91. The number of carbonyl (C=O) groups is 1. The second-order valence-corrected chi connectivity index (χ2v) is 5.70. The van der Waals surface area contributed by atoms with E-state index in [4.69, 9.17) is 14.2 Å². The molecule has 1 aliphatic rings. The van der Waals surface area contributed by atoms with Gasteiger partial charge < -0.3 is 19.3 Å². The highest BCUT2D eigenvalue weighted by Crippen LogP contribution is 2.35. The van der Waals surface area contributed by atoms with E-state index in [2.05, 4.69) is 0 Å². The van der Waals surface area contributed by atoms with Crippen LogP contribution in [0.3, 0.4) is 0 Å². The molecular weight excluding hydrogens is 308 g/mol. The van der Waals surface area contributed by atoms with Crippen LogP contribution in [0.5, 0.6) is 17.2 Å². The summed E-state index contributed by atoms with van der Waals surface area (Å²) < 4.78 is 16.2. The zero-order valence-corrected chi connectivity index (χ0v) is 13.5. The maximum atomic E-state index is 11.8. The Morgan fingerprint density at radius 2 is 2.04 bits per heavy atom. The van der Waals surface area contributed by atoms with E-state index in [1.165, 1.54) is 0 Å². The Morgan fingerprint density at radius 1 is 1.21 bits per heavy atom. The molecule has 0 aliphatic carbocycles. The molecule has 0 saturated carbocycles. The first-order valence-electron chi connectivity index (χ1n) is 8.01. The van der Waals surface area contributed by atoms with Crippen LogP contribution in [0.4, 0.5) is 0 Å². The molecule has 1 N–H and O–H groups in total. The van der Waals surface area contributed by atoms with E-state index in [-0.39, 0.29) is 6.79 Å². The number of ether oxygens (including phenoxy) is 3. The van der Waals surface area contributed by atoms with E-state index >= 15 is 0 Å². The Balaban J connectivity index is 1.81. The van der Waals surface area contributed by atoms with Gasteiger partial charge in [0.1, 0.15) is 5.75 Å². The summed E-state index contributed by atoms with van der Waals surface area (Å²) in [7, 11) is 0. The molecule has 0 saturated heterocycles. The second-order valence-electron chi connectivity index (χ2n) is 5.70. The molecule has 1 heterocycles. The lowest BCUT2D eigenvalue weighted by molar-refractivity contribution is -0.138. The van der Waals surface area contributed by atoms with E-state index in [0.717, 1.165) is 17.7 Å². The van der Waals surface area contributed by atoms with Crippen molar-refractivity contribution < 1.29 is 24.1 Å². The summed E-state index contributed by atoms with van der Waals surface area (Å²) in [6.07, 6.45) is 1.32. The lowest BCUT2D eigenvalue weighted by atomic mass is 9.91. The molecule has 0 fully saturated rings. The van der Waals surface area contributed by atoms with Crippen molar-refractivity contribution >= 4 is 5.97 Å². The van der Waals surface area contributed by atoms with Crippen molar-refractivity contribution in [2.45, 2.75) is 25.7 Å². The minimum atomic E-state index is -0.867. The van der Waals surface area contributed by atoms with Gasteiger partial charge in [-0.3, -0.25) is 4.79 Å². The molecule has 0 radical (unpaired) electrons. The third-order valence-corrected chi connectivity index (χ3v) is 3.91. The van der Waals surface area contributed by atoms with Crippen LogP contribution in [0.25, 0.3) is 0 Å². The van der Waals surface area contributed by atoms with Crippen molar-refractivity contribution in [1.82, 2.24) is 0 Å². The predicted octanol–water partition coefficient (Wildman–Crippen LogP) is 3.62. The van der Waals surface area contributed by atoms with Crippen LogP contribution in [-0.4, -0.2) is 24.5 Å². The van der Waals surface area contributed by atoms with Gasteiger partial charge in [0.05, 0.1) is 12.5 Å². The van der Waals surface area contributed by atoms with Gasteiger partial charge in [-0.05, 0) is 48.2 Å². The number of carboxylic acids is 1. The molecule has 126 valence electrons. The molecule has 2 aromatic rings. The summed E-state index contributed by atoms with van der Waals surface area (Å²) in [5.74, 6) is 0.496. The van der Waals surface area contributed by atoms with Crippen molar-refractivity contribution in [2.75, 3.05) is 13.4 Å². The topological polar surface area (TPSA) is 65.0 Å². The van der Waals surface area contributed by atoms with Crippen LogP contribution in [0.2, 0.25) is 0 Å². The number of benzene rings is 2. The number of fused-ring (bicyclic) bond motifs is 1. The second kappa shape index (κ2) is 7.25. The maximum absolute atomic E-state index is 11.8. The van der Waals surface area contributed by atoms with Gasteiger partial charge in [-0.15, -0.1) is 0 Å². The third kappa shape index (κ3) is 3.62.